The SMILES string of the molecule is Cc1ccc2nc(COC(=O)CN3C(=O)N[C@@]4(C[C@H](C)CC(C)(C)C4)C3=O)cc(=O)n2c1. The maximum Gasteiger partial charge on any atom is 0.326 e. The Hall–Kier alpha value is -3.23. The van der Waals surface area contributed by atoms with Crippen LogP contribution in [0.15, 0.2) is 29.2 Å². The molecule has 1 aliphatic carbocycles. The van der Waals surface area contributed by atoms with Gasteiger partial charge in [0.25, 0.3) is 11.5 Å². The van der Waals surface area contributed by atoms with Gasteiger partial charge in [0.1, 0.15) is 24.3 Å². The number of amides is 3. The minimum atomic E-state index is -0.967. The van der Waals surface area contributed by atoms with Crippen LogP contribution in [0.3, 0.4) is 0 Å². The van der Waals surface area contributed by atoms with Crippen molar-refractivity contribution in [3.8, 4) is 0 Å². The van der Waals surface area contributed by atoms with Gasteiger partial charge in [-0.25, -0.2) is 9.78 Å². The van der Waals surface area contributed by atoms with Gasteiger partial charge in [0.2, 0.25) is 0 Å². The predicted octanol–water partition coefficient (Wildman–Crippen LogP) is 2.18. The zero-order chi connectivity index (χ0) is 23.3. The van der Waals surface area contributed by atoms with Gasteiger partial charge in [-0.1, -0.05) is 26.8 Å². The molecule has 1 saturated heterocycles. The second-order valence-electron chi connectivity index (χ2n) is 9.94. The minimum absolute atomic E-state index is 0.0918. The molecule has 170 valence electrons. The number of aromatic nitrogens is 2. The zero-order valence-corrected chi connectivity index (χ0v) is 18.8. The summed E-state index contributed by atoms with van der Waals surface area (Å²) >= 11 is 0. The van der Waals surface area contributed by atoms with Crippen molar-refractivity contribution in [2.45, 2.75) is 59.1 Å². The number of imide groups is 1. The standard InChI is InChI=1S/C23H28N4O5/c1-14-5-6-17-24-16(7-18(28)26(17)10-14)12-32-19(29)11-27-20(30)23(25-21(27)31)9-15(2)8-22(3,4)13-23/h5-7,10,15H,8-9,11-13H2,1-4H3,(H,25,31)/t15-,23-/m1/s1. The van der Waals surface area contributed by atoms with Crippen LogP contribution in [0.1, 0.15) is 51.3 Å². The number of hydrogen-bond donors (Lipinski definition) is 1. The van der Waals surface area contributed by atoms with Gasteiger partial charge in [0, 0.05) is 12.3 Å². The molecule has 3 amide bonds. The number of pyridine rings is 1. The lowest BCUT2D eigenvalue weighted by Gasteiger charge is -2.43. The molecular formula is C23H28N4O5. The number of hydrogen-bond acceptors (Lipinski definition) is 6. The fourth-order valence-corrected chi connectivity index (χ4v) is 5.31. The summed E-state index contributed by atoms with van der Waals surface area (Å²) in [6.45, 7) is 7.41. The van der Waals surface area contributed by atoms with Crippen LogP contribution in [0.25, 0.3) is 5.65 Å². The maximum absolute atomic E-state index is 13.1. The van der Waals surface area contributed by atoms with Crippen molar-refractivity contribution < 1.29 is 19.1 Å². The van der Waals surface area contributed by atoms with Crippen molar-refractivity contribution in [3.63, 3.8) is 0 Å². The van der Waals surface area contributed by atoms with Crippen LogP contribution in [0.4, 0.5) is 4.79 Å². The van der Waals surface area contributed by atoms with Crippen molar-refractivity contribution in [1.29, 1.82) is 0 Å². The van der Waals surface area contributed by atoms with E-state index in [0.29, 0.717) is 24.2 Å². The van der Waals surface area contributed by atoms with Gasteiger partial charge in [0.05, 0.1) is 5.69 Å². The maximum atomic E-state index is 13.1. The first-order chi connectivity index (χ1) is 15.0. The Morgan fingerprint density at radius 2 is 2.00 bits per heavy atom. The van der Waals surface area contributed by atoms with E-state index in [1.54, 1.807) is 12.3 Å². The van der Waals surface area contributed by atoms with Crippen molar-refractivity contribution in [1.82, 2.24) is 19.6 Å². The van der Waals surface area contributed by atoms with Crippen LogP contribution in [0, 0.1) is 18.3 Å². The molecule has 3 heterocycles. The van der Waals surface area contributed by atoms with Gasteiger partial charge in [-0.2, -0.15) is 0 Å². The fraction of sp³-hybridized carbons (Fsp3) is 0.522. The number of ether oxygens (including phenoxy) is 1. The van der Waals surface area contributed by atoms with E-state index in [9.17, 15) is 19.2 Å². The van der Waals surface area contributed by atoms with Crippen molar-refractivity contribution in [3.05, 3.63) is 46.0 Å². The molecule has 2 aromatic rings. The van der Waals surface area contributed by atoms with E-state index in [-0.39, 0.29) is 29.4 Å². The number of nitrogens with one attached hydrogen (secondary N) is 1. The van der Waals surface area contributed by atoms with E-state index in [0.717, 1.165) is 16.9 Å². The highest BCUT2D eigenvalue weighted by molar-refractivity contribution is 6.08. The highest BCUT2D eigenvalue weighted by Gasteiger charge is 2.56. The molecule has 9 nitrogen and oxygen atoms in total. The van der Waals surface area contributed by atoms with Crippen LogP contribution in [0.5, 0.6) is 0 Å². The number of rotatable bonds is 4. The molecule has 9 heteroatoms. The second kappa shape index (κ2) is 7.72. The molecule has 0 bridgehead atoms. The molecule has 2 aromatic heterocycles. The largest absolute Gasteiger partial charge is 0.458 e. The number of urea groups is 1. The molecule has 1 saturated carbocycles. The molecular weight excluding hydrogens is 412 g/mol. The molecule has 1 N–H and O–H groups in total. The Morgan fingerprint density at radius 3 is 2.72 bits per heavy atom. The first kappa shape index (κ1) is 22.0. The smallest absolute Gasteiger partial charge is 0.326 e. The van der Waals surface area contributed by atoms with E-state index < -0.39 is 24.1 Å². The number of carbonyl (C=O) groups is 3. The first-order valence-corrected chi connectivity index (χ1v) is 10.8. The summed E-state index contributed by atoms with van der Waals surface area (Å²) in [6, 6.07) is 4.27. The third-order valence-electron chi connectivity index (χ3n) is 6.15. The molecule has 0 aromatic carbocycles. The molecule has 4 rings (SSSR count). The van der Waals surface area contributed by atoms with Crippen molar-refractivity contribution >= 4 is 23.6 Å². The summed E-state index contributed by atoms with van der Waals surface area (Å²) in [6.07, 6.45) is 3.74. The third-order valence-corrected chi connectivity index (χ3v) is 6.15. The Kier molecular flexibility index (Phi) is 5.30. The highest BCUT2D eigenvalue weighted by atomic mass is 16.5. The monoisotopic (exact) mass is 440 g/mol. The second-order valence-corrected chi connectivity index (χ2v) is 9.94. The molecule has 2 atom stereocenters. The van der Waals surface area contributed by atoms with Gasteiger partial charge in [0.15, 0.2) is 0 Å². The van der Waals surface area contributed by atoms with E-state index in [1.807, 2.05) is 13.0 Å². The molecule has 2 fully saturated rings. The average Bonchev–Trinajstić information content (AvgIpc) is 2.88. The van der Waals surface area contributed by atoms with Crippen LogP contribution >= 0.6 is 0 Å². The van der Waals surface area contributed by atoms with Crippen molar-refractivity contribution in [2.24, 2.45) is 11.3 Å². The van der Waals surface area contributed by atoms with Gasteiger partial charge >= 0.3 is 12.0 Å². The summed E-state index contributed by atoms with van der Waals surface area (Å²) in [5.41, 5.74) is 0.317. The molecule has 2 aliphatic rings. The van der Waals surface area contributed by atoms with Crippen LogP contribution in [-0.4, -0.2) is 44.3 Å². The number of aryl methyl sites for hydroxylation is 1. The fourth-order valence-electron chi connectivity index (χ4n) is 5.31. The Bertz CT molecular complexity index is 1170. The Balaban J connectivity index is 1.43. The van der Waals surface area contributed by atoms with Gasteiger partial charge in [-0.05, 0) is 49.1 Å². The van der Waals surface area contributed by atoms with Crippen LogP contribution in [0.2, 0.25) is 0 Å². The summed E-state index contributed by atoms with van der Waals surface area (Å²) in [5, 5.41) is 2.84. The number of fused-ring (bicyclic) bond motifs is 1. The average molecular weight is 441 g/mol. The normalized spacial score (nSPS) is 24.8. The predicted molar refractivity (Wildman–Crippen MR) is 116 cm³/mol. The summed E-state index contributed by atoms with van der Waals surface area (Å²) in [7, 11) is 0. The number of nitrogens with zero attached hydrogens (tertiary/aromatic N) is 3. The zero-order valence-electron chi connectivity index (χ0n) is 18.8. The molecule has 0 radical (unpaired) electrons. The van der Waals surface area contributed by atoms with E-state index in [2.05, 4.69) is 31.1 Å². The lowest BCUT2D eigenvalue weighted by atomic mass is 9.64. The van der Waals surface area contributed by atoms with E-state index >= 15 is 0 Å². The lowest BCUT2D eigenvalue weighted by molar-refractivity contribution is -0.149. The topological polar surface area (TPSA) is 110 Å². The Morgan fingerprint density at radius 1 is 1.25 bits per heavy atom. The lowest BCUT2D eigenvalue weighted by Crippen LogP contribution is -2.54. The molecule has 1 aliphatic heterocycles. The van der Waals surface area contributed by atoms with Crippen molar-refractivity contribution in [2.75, 3.05) is 6.54 Å². The molecule has 1 spiro atoms. The van der Waals surface area contributed by atoms with Gasteiger partial charge < -0.3 is 10.1 Å². The summed E-state index contributed by atoms with van der Waals surface area (Å²) in [5.74, 6) is -0.840. The number of carbonyl (C=O) groups excluding carboxylic acids is 3. The third kappa shape index (κ3) is 4.11. The van der Waals surface area contributed by atoms with E-state index in [1.165, 1.54) is 10.5 Å². The Labute approximate surface area is 185 Å². The molecule has 32 heavy (non-hydrogen) atoms. The quantitative estimate of drug-likeness (QED) is 0.576. The summed E-state index contributed by atoms with van der Waals surface area (Å²) < 4.78 is 6.65. The number of esters is 1. The first-order valence-electron chi connectivity index (χ1n) is 10.8. The van der Waals surface area contributed by atoms with Crippen LogP contribution in [-0.2, 0) is 20.9 Å². The minimum Gasteiger partial charge on any atom is -0.458 e. The highest BCUT2D eigenvalue weighted by Crippen LogP contribution is 2.46. The summed E-state index contributed by atoms with van der Waals surface area (Å²) in [4.78, 5) is 55.6. The van der Waals surface area contributed by atoms with E-state index in [4.69, 9.17) is 4.74 Å². The molecule has 0 unspecified atom stereocenters. The van der Waals surface area contributed by atoms with Crippen LogP contribution < -0.4 is 10.9 Å². The van der Waals surface area contributed by atoms with Gasteiger partial charge in [-0.15, -0.1) is 0 Å². The van der Waals surface area contributed by atoms with Gasteiger partial charge in [-0.3, -0.25) is 23.7 Å².